The number of hydrogen-bond donors (Lipinski definition) is 2. The first-order chi connectivity index (χ1) is 11.4. The van der Waals surface area contributed by atoms with Gasteiger partial charge in [-0.25, -0.2) is 10.3 Å². The lowest BCUT2D eigenvalue weighted by Gasteiger charge is -2.29. The summed E-state index contributed by atoms with van der Waals surface area (Å²) in [5.74, 6) is -0.426. The molecule has 11 nitrogen and oxygen atoms in total. The van der Waals surface area contributed by atoms with Crippen molar-refractivity contribution in [2.75, 3.05) is 26.7 Å². The van der Waals surface area contributed by atoms with Gasteiger partial charge in [-0.1, -0.05) is 0 Å². The van der Waals surface area contributed by atoms with Crippen molar-refractivity contribution in [2.45, 2.75) is 37.5 Å². The summed E-state index contributed by atoms with van der Waals surface area (Å²) in [5, 5.41) is 3.87. The van der Waals surface area contributed by atoms with E-state index >= 15 is 0 Å². The van der Waals surface area contributed by atoms with Crippen molar-refractivity contribution in [3.05, 3.63) is 0 Å². The lowest BCUT2D eigenvalue weighted by Crippen LogP contribution is -2.50. The Hall–Kier alpha value is -1.47. The van der Waals surface area contributed by atoms with Crippen molar-refractivity contribution < 1.29 is 31.3 Å². The molecule has 24 heavy (non-hydrogen) atoms. The molecular formula is C12H20N4O7S. The first kappa shape index (κ1) is 17.4. The predicted molar refractivity (Wildman–Crippen MR) is 78.3 cm³/mol. The summed E-state index contributed by atoms with van der Waals surface area (Å²) in [4.78, 5) is 31.2. The zero-order valence-corrected chi connectivity index (χ0v) is 14.0. The van der Waals surface area contributed by atoms with Crippen LogP contribution < -0.4 is 10.8 Å². The van der Waals surface area contributed by atoms with E-state index < -0.39 is 34.4 Å². The second-order valence-electron chi connectivity index (χ2n) is 5.86. The van der Waals surface area contributed by atoms with E-state index in [1.54, 1.807) is 0 Å². The van der Waals surface area contributed by atoms with Crippen molar-refractivity contribution in [2.24, 2.45) is 0 Å². The molecule has 136 valence electrons. The van der Waals surface area contributed by atoms with Crippen LogP contribution in [0.1, 0.15) is 19.3 Å². The third-order valence-electron chi connectivity index (χ3n) is 4.34. The number of fused-ring (bicyclic) bond motifs is 2. The Morgan fingerprint density at radius 2 is 2.12 bits per heavy atom. The Labute approximate surface area is 139 Å². The maximum atomic E-state index is 12.3. The molecule has 0 aromatic heterocycles. The minimum absolute atomic E-state index is 0.0914. The molecule has 0 aromatic carbocycles. The molecule has 12 heteroatoms. The highest BCUT2D eigenvalue weighted by Crippen LogP contribution is 2.31. The van der Waals surface area contributed by atoms with E-state index in [1.807, 2.05) is 0 Å². The van der Waals surface area contributed by atoms with Crippen LogP contribution in [-0.2, 0) is 28.5 Å². The number of nitrogens with zero attached hydrogens (tertiary/aromatic N) is 2. The second kappa shape index (κ2) is 6.80. The summed E-state index contributed by atoms with van der Waals surface area (Å²) >= 11 is 0. The van der Waals surface area contributed by atoms with Gasteiger partial charge in [0.05, 0.1) is 19.3 Å². The number of carbonyl (C=O) groups excluding carboxylic acids is 2. The third-order valence-corrected chi connectivity index (χ3v) is 5.09. The van der Waals surface area contributed by atoms with E-state index in [2.05, 4.69) is 19.3 Å². The van der Waals surface area contributed by atoms with Crippen molar-refractivity contribution in [3.8, 4) is 0 Å². The zero-order chi connectivity index (χ0) is 17.3. The lowest BCUT2D eigenvalue weighted by molar-refractivity contribution is -0.142. The molecule has 2 bridgehead atoms. The highest BCUT2D eigenvalue weighted by Gasteiger charge is 2.49. The molecule has 0 aliphatic carbocycles. The maximum Gasteiger partial charge on any atom is 0.420 e. The molecule has 3 rings (SSSR count). The molecule has 3 heterocycles. The summed E-state index contributed by atoms with van der Waals surface area (Å²) in [5.41, 5.74) is 2.40. The quantitative estimate of drug-likeness (QED) is 0.545. The third kappa shape index (κ3) is 3.47. The molecule has 3 aliphatic heterocycles. The summed E-state index contributed by atoms with van der Waals surface area (Å²) < 4.78 is 31.6. The number of urea groups is 1. The molecular weight excluding hydrogens is 344 g/mol. The first-order valence-corrected chi connectivity index (χ1v) is 9.01. The molecule has 0 spiro atoms. The number of hydroxylamine groups is 3. The average molecular weight is 364 g/mol. The SMILES string of the molecule is COS(=O)(=O)ON1C(=O)N2C[C@H]1CC[C@H]2C(=O)NOC1CCNC1. The molecule has 3 atom stereocenters. The van der Waals surface area contributed by atoms with E-state index in [0.29, 0.717) is 19.4 Å². The van der Waals surface area contributed by atoms with Crippen LogP contribution >= 0.6 is 0 Å². The van der Waals surface area contributed by atoms with Gasteiger partial charge in [0.25, 0.3) is 5.91 Å². The maximum absolute atomic E-state index is 12.3. The van der Waals surface area contributed by atoms with Gasteiger partial charge in [0.2, 0.25) is 0 Å². The van der Waals surface area contributed by atoms with E-state index in [-0.39, 0.29) is 12.6 Å². The molecule has 2 N–H and O–H groups in total. The first-order valence-electron chi connectivity index (χ1n) is 7.67. The average Bonchev–Trinajstić information content (AvgIpc) is 3.16. The number of rotatable bonds is 6. The fourth-order valence-electron chi connectivity index (χ4n) is 3.07. The van der Waals surface area contributed by atoms with E-state index in [1.165, 1.54) is 4.90 Å². The van der Waals surface area contributed by atoms with E-state index in [0.717, 1.165) is 25.1 Å². The van der Waals surface area contributed by atoms with Crippen molar-refractivity contribution in [3.63, 3.8) is 0 Å². The highest BCUT2D eigenvalue weighted by molar-refractivity contribution is 7.81. The standard InChI is InChI=1S/C12H20N4O7S/c1-21-24(19,20)23-16-8-2-3-10(15(7-8)12(16)18)11(17)14-22-9-4-5-13-6-9/h8-10,13H,2-7H2,1H3,(H,14,17)/t8-,9?,10+/m1/s1. The monoisotopic (exact) mass is 364 g/mol. The fourth-order valence-corrected chi connectivity index (χ4v) is 3.51. The van der Waals surface area contributed by atoms with Crippen LogP contribution in [0, 0.1) is 0 Å². The molecule has 1 unspecified atom stereocenters. The van der Waals surface area contributed by atoms with Gasteiger partial charge in [0.15, 0.2) is 0 Å². The zero-order valence-electron chi connectivity index (χ0n) is 13.1. The summed E-state index contributed by atoms with van der Waals surface area (Å²) in [6.45, 7) is 1.70. The van der Waals surface area contributed by atoms with Crippen LogP contribution in [0.2, 0.25) is 0 Å². The molecule has 3 saturated heterocycles. The van der Waals surface area contributed by atoms with Crippen molar-refractivity contribution in [1.29, 1.82) is 0 Å². The lowest BCUT2D eigenvalue weighted by atomic mass is 10.0. The van der Waals surface area contributed by atoms with Crippen molar-refractivity contribution >= 4 is 22.3 Å². The van der Waals surface area contributed by atoms with Gasteiger partial charge in [0.1, 0.15) is 6.04 Å². The molecule has 3 fully saturated rings. The molecule has 0 radical (unpaired) electrons. The number of carbonyl (C=O) groups is 2. The van der Waals surface area contributed by atoms with Gasteiger partial charge in [-0.3, -0.25) is 13.8 Å². The van der Waals surface area contributed by atoms with Gasteiger partial charge in [0, 0.05) is 13.1 Å². The smallest absolute Gasteiger partial charge is 0.314 e. The number of piperidine rings is 1. The number of amides is 3. The molecule has 3 amide bonds. The summed E-state index contributed by atoms with van der Waals surface area (Å²) in [6.07, 6.45) is 1.53. The van der Waals surface area contributed by atoms with Gasteiger partial charge in [-0.05, 0) is 25.8 Å². The normalized spacial score (nSPS) is 30.0. The van der Waals surface area contributed by atoms with Gasteiger partial charge in [-0.2, -0.15) is 13.5 Å². The molecule has 3 aliphatic rings. The molecule has 0 saturated carbocycles. The predicted octanol–water partition coefficient (Wildman–Crippen LogP) is -1.51. The van der Waals surface area contributed by atoms with Crippen LogP contribution in [-0.4, -0.2) is 75.3 Å². The van der Waals surface area contributed by atoms with Gasteiger partial charge in [-0.15, -0.1) is 4.28 Å². The Morgan fingerprint density at radius 3 is 2.79 bits per heavy atom. The van der Waals surface area contributed by atoms with Crippen LogP contribution in [0.15, 0.2) is 0 Å². The van der Waals surface area contributed by atoms with Crippen LogP contribution in [0.25, 0.3) is 0 Å². The van der Waals surface area contributed by atoms with Crippen LogP contribution in [0.3, 0.4) is 0 Å². The fraction of sp³-hybridized carbons (Fsp3) is 0.833. The Bertz CT molecular complexity index is 607. The number of nitrogens with one attached hydrogen (secondary N) is 2. The summed E-state index contributed by atoms with van der Waals surface area (Å²) in [7, 11) is -3.35. The number of hydrogen-bond acceptors (Lipinski definition) is 8. The topological polar surface area (TPSA) is 127 Å². The Morgan fingerprint density at radius 1 is 1.33 bits per heavy atom. The van der Waals surface area contributed by atoms with Gasteiger partial charge >= 0.3 is 16.4 Å². The van der Waals surface area contributed by atoms with E-state index in [9.17, 15) is 18.0 Å². The van der Waals surface area contributed by atoms with Gasteiger partial charge < -0.3 is 10.2 Å². The second-order valence-corrected chi connectivity index (χ2v) is 7.16. The largest absolute Gasteiger partial charge is 0.420 e. The van der Waals surface area contributed by atoms with Crippen molar-refractivity contribution in [1.82, 2.24) is 20.8 Å². The van der Waals surface area contributed by atoms with E-state index in [4.69, 9.17) is 4.84 Å². The van der Waals surface area contributed by atoms with Crippen LogP contribution in [0.4, 0.5) is 4.79 Å². The summed E-state index contributed by atoms with van der Waals surface area (Å²) in [6, 6.07) is -1.84. The minimum atomic E-state index is -4.29. The molecule has 0 aromatic rings. The Balaban J connectivity index is 1.60. The van der Waals surface area contributed by atoms with Crippen LogP contribution in [0.5, 0.6) is 0 Å². The minimum Gasteiger partial charge on any atom is -0.314 e. The Kier molecular flexibility index (Phi) is 4.92. The highest BCUT2D eigenvalue weighted by atomic mass is 32.3.